The summed E-state index contributed by atoms with van der Waals surface area (Å²) in [4.78, 5) is 35.1. The standard InChI is InChI=1S/C36H70F2NO8P/c1-6-8-10-12-13-14-15-16-17-18-21-25-33(40)46-35(27-31-44-48(42,43)45-32-30-39(3,4)5)47-34(41)26-22-20-24-29-36(37,38)28-23-19-11-9-7-2/h35H,6-32H2,1-5H3/p+1/t35-/m1/s1. The van der Waals surface area contributed by atoms with Crippen LogP contribution in [0.3, 0.4) is 0 Å². The Morgan fingerprint density at radius 1 is 0.646 bits per heavy atom. The maximum Gasteiger partial charge on any atom is 0.472 e. The Kier molecular flexibility index (Phi) is 27.9. The van der Waals surface area contributed by atoms with Crippen molar-refractivity contribution in [2.45, 2.75) is 180 Å². The highest BCUT2D eigenvalue weighted by atomic mass is 31.2. The quantitative estimate of drug-likeness (QED) is 0.0231. The number of esters is 2. The second-order valence-electron chi connectivity index (χ2n) is 14.2. The summed E-state index contributed by atoms with van der Waals surface area (Å²) >= 11 is 0. The lowest BCUT2D eigenvalue weighted by Crippen LogP contribution is -2.37. The van der Waals surface area contributed by atoms with Crippen LogP contribution in [-0.2, 0) is 32.7 Å². The Bertz CT molecular complexity index is 856. The monoisotopic (exact) mass is 714 g/mol. The van der Waals surface area contributed by atoms with Crippen molar-refractivity contribution in [3.05, 3.63) is 0 Å². The number of halogens is 2. The Morgan fingerprint density at radius 3 is 1.46 bits per heavy atom. The minimum atomic E-state index is -4.35. The van der Waals surface area contributed by atoms with Crippen LogP contribution in [0.25, 0.3) is 0 Å². The van der Waals surface area contributed by atoms with E-state index in [1.54, 1.807) is 0 Å². The number of carbonyl (C=O) groups excluding carboxylic acids is 2. The van der Waals surface area contributed by atoms with Crippen LogP contribution in [0.1, 0.15) is 168 Å². The Hall–Kier alpha value is -1.13. The first kappa shape index (κ1) is 46.9. The molecule has 0 radical (unpaired) electrons. The maximum atomic E-state index is 14.2. The molecule has 0 bridgehead atoms. The molecule has 0 aliphatic carbocycles. The van der Waals surface area contributed by atoms with E-state index in [0.29, 0.717) is 43.1 Å². The van der Waals surface area contributed by atoms with Crippen LogP contribution in [0.15, 0.2) is 0 Å². The first-order valence-corrected chi connectivity index (χ1v) is 20.4. The van der Waals surface area contributed by atoms with Crippen molar-refractivity contribution in [3.8, 4) is 0 Å². The van der Waals surface area contributed by atoms with Crippen LogP contribution < -0.4 is 0 Å². The third-order valence-corrected chi connectivity index (χ3v) is 9.22. The molecule has 0 saturated heterocycles. The predicted molar refractivity (Wildman–Crippen MR) is 188 cm³/mol. The van der Waals surface area contributed by atoms with E-state index in [1.165, 1.54) is 44.9 Å². The minimum absolute atomic E-state index is 0.00846. The fourth-order valence-corrected chi connectivity index (χ4v) is 5.88. The second-order valence-corrected chi connectivity index (χ2v) is 15.7. The third kappa shape index (κ3) is 32.1. The van der Waals surface area contributed by atoms with Gasteiger partial charge in [-0.1, -0.05) is 110 Å². The molecule has 0 aromatic heterocycles. The van der Waals surface area contributed by atoms with Crippen molar-refractivity contribution in [1.82, 2.24) is 0 Å². The van der Waals surface area contributed by atoms with Gasteiger partial charge in [-0.3, -0.25) is 18.6 Å². The van der Waals surface area contributed by atoms with Gasteiger partial charge in [-0.2, -0.15) is 0 Å². The summed E-state index contributed by atoms with van der Waals surface area (Å²) in [6.07, 6.45) is 16.6. The van der Waals surface area contributed by atoms with Gasteiger partial charge in [0.1, 0.15) is 13.2 Å². The van der Waals surface area contributed by atoms with Crippen LogP contribution in [-0.4, -0.2) is 74.4 Å². The van der Waals surface area contributed by atoms with E-state index in [-0.39, 0.29) is 45.3 Å². The lowest BCUT2D eigenvalue weighted by Gasteiger charge is -2.24. The van der Waals surface area contributed by atoms with Gasteiger partial charge in [-0.05, 0) is 25.7 Å². The van der Waals surface area contributed by atoms with Gasteiger partial charge in [-0.25, -0.2) is 13.3 Å². The Morgan fingerprint density at radius 2 is 1.02 bits per heavy atom. The number of carbonyl (C=O) groups is 2. The molecule has 12 heteroatoms. The van der Waals surface area contributed by atoms with Crippen LogP contribution in [0, 0.1) is 0 Å². The van der Waals surface area contributed by atoms with Gasteiger partial charge in [0.2, 0.25) is 12.2 Å². The van der Waals surface area contributed by atoms with Crippen molar-refractivity contribution in [2.75, 3.05) is 40.9 Å². The number of unbranched alkanes of at least 4 members (excludes halogenated alkanes) is 16. The average Bonchev–Trinajstić information content (AvgIpc) is 2.98. The van der Waals surface area contributed by atoms with Crippen LogP contribution in [0.5, 0.6) is 0 Å². The number of alkyl halides is 2. The summed E-state index contributed by atoms with van der Waals surface area (Å²) in [6, 6.07) is 0. The molecule has 2 atom stereocenters. The van der Waals surface area contributed by atoms with Gasteiger partial charge in [0, 0.05) is 32.1 Å². The molecule has 1 unspecified atom stereocenters. The van der Waals surface area contributed by atoms with Gasteiger partial charge < -0.3 is 18.9 Å². The fraction of sp³-hybridized carbons (Fsp3) is 0.944. The first-order chi connectivity index (χ1) is 22.7. The lowest BCUT2D eigenvalue weighted by atomic mass is 10.0. The van der Waals surface area contributed by atoms with E-state index in [2.05, 4.69) is 13.8 Å². The smallest absolute Gasteiger partial charge is 0.425 e. The highest BCUT2D eigenvalue weighted by Crippen LogP contribution is 2.43. The van der Waals surface area contributed by atoms with Crippen LogP contribution >= 0.6 is 7.82 Å². The second kappa shape index (κ2) is 28.6. The summed E-state index contributed by atoms with van der Waals surface area (Å²) in [5, 5.41) is 0. The number of hydrogen-bond acceptors (Lipinski definition) is 7. The van der Waals surface area contributed by atoms with Crippen molar-refractivity contribution in [2.24, 2.45) is 0 Å². The largest absolute Gasteiger partial charge is 0.472 e. The molecule has 0 heterocycles. The molecule has 0 aromatic rings. The SMILES string of the molecule is CCCCCCCCCCCCCC(=O)O[C@@H](CCOP(=O)(O)OCC[N+](C)(C)C)OC(=O)CCCCCC(F)(F)CCCCCCC. The van der Waals surface area contributed by atoms with Crippen molar-refractivity contribution in [3.63, 3.8) is 0 Å². The number of ether oxygens (including phenoxy) is 2. The van der Waals surface area contributed by atoms with E-state index in [9.17, 15) is 27.8 Å². The number of phosphoric acid groups is 1. The predicted octanol–water partition coefficient (Wildman–Crippen LogP) is 10.3. The topological polar surface area (TPSA) is 108 Å². The van der Waals surface area contributed by atoms with Gasteiger partial charge in [0.25, 0.3) is 0 Å². The highest BCUT2D eigenvalue weighted by Gasteiger charge is 2.28. The highest BCUT2D eigenvalue weighted by molar-refractivity contribution is 7.47. The van der Waals surface area contributed by atoms with Gasteiger partial charge in [0.15, 0.2) is 0 Å². The molecular formula is C36H71F2NO8P+. The first-order valence-electron chi connectivity index (χ1n) is 18.9. The van der Waals surface area contributed by atoms with E-state index >= 15 is 0 Å². The maximum absolute atomic E-state index is 14.2. The number of hydrogen-bond donors (Lipinski definition) is 1. The Balaban J connectivity index is 4.62. The molecule has 9 nitrogen and oxygen atoms in total. The van der Waals surface area contributed by atoms with E-state index in [0.717, 1.165) is 44.9 Å². The number of nitrogens with zero attached hydrogens (tertiary/aromatic N) is 1. The molecule has 0 aromatic carbocycles. The summed E-state index contributed by atoms with van der Waals surface area (Å²) in [5.41, 5.74) is 0. The molecule has 48 heavy (non-hydrogen) atoms. The van der Waals surface area contributed by atoms with E-state index < -0.39 is 32.0 Å². The zero-order valence-corrected chi connectivity index (χ0v) is 32.0. The van der Waals surface area contributed by atoms with Crippen molar-refractivity contribution < 1.29 is 50.8 Å². The average molecular weight is 715 g/mol. The molecule has 0 amide bonds. The normalized spacial score (nSPS) is 14.1. The molecule has 0 fully saturated rings. The number of likely N-dealkylation sites (N-methyl/N-ethyl adjacent to an activating group) is 1. The lowest BCUT2D eigenvalue weighted by molar-refractivity contribution is -0.870. The Labute approximate surface area is 291 Å². The zero-order valence-electron chi connectivity index (χ0n) is 31.1. The molecule has 0 aliphatic heterocycles. The van der Waals surface area contributed by atoms with Crippen LogP contribution in [0.4, 0.5) is 8.78 Å². The molecule has 0 saturated carbocycles. The molecule has 0 spiro atoms. The van der Waals surface area contributed by atoms with E-state index in [4.69, 9.17) is 18.5 Å². The summed E-state index contributed by atoms with van der Waals surface area (Å²) in [6.45, 7) is 4.46. The van der Waals surface area contributed by atoms with Gasteiger partial charge in [-0.15, -0.1) is 0 Å². The number of phosphoric ester groups is 1. The minimum Gasteiger partial charge on any atom is -0.425 e. The zero-order chi connectivity index (χ0) is 36.2. The van der Waals surface area contributed by atoms with E-state index in [1.807, 2.05) is 21.1 Å². The van der Waals surface area contributed by atoms with Gasteiger partial charge >= 0.3 is 19.8 Å². The third-order valence-electron chi connectivity index (χ3n) is 8.20. The summed E-state index contributed by atoms with van der Waals surface area (Å²) < 4.78 is 62.0. The molecule has 286 valence electrons. The fourth-order valence-electron chi connectivity index (χ4n) is 5.16. The van der Waals surface area contributed by atoms with Crippen LogP contribution in [0.2, 0.25) is 0 Å². The molecule has 1 N–H and O–H groups in total. The molecule has 0 rings (SSSR count). The summed E-state index contributed by atoms with van der Waals surface area (Å²) in [7, 11) is 1.41. The van der Waals surface area contributed by atoms with Crippen molar-refractivity contribution >= 4 is 19.8 Å². The van der Waals surface area contributed by atoms with Crippen molar-refractivity contribution in [1.29, 1.82) is 0 Å². The number of quaternary nitrogens is 1. The molecular weight excluding hydrogens is 643 g/mol. The number of rotatable bonds is 34. The van der Waals surface area contributed by atoms with Gasteiger partial charge in [0.05, 0.1) is 27.7 Å². The summed E-state index contributed by atoms with van der Waals surface area (Å²) in [5.74, 6) is -3.84. The molecule has 0 aliphatic rings.